The normalized spacial score (nSPS) is 29.4. The Bertz CT molecular complexity index is 527. The van der Waals surface area contributed by atoms with E-state index in [1.54, 1.807) is 12.5 Å². The van der Waals surface area contributed by atoms with Crippen molar-refractivity contribution in [3.8, 4) is 0 Å². The lowest BCUT2D eigenvalue weighted by molar-refractivity contribution is -0.129. The molecule has 3 saturated heterocycles. The van der Waals surface area contributed by atoms with Gasteiger partial charge in [-0.1, -0.05) is 0 Å². The molecular formula is C17H25N3O3. The van der Waals surface area contributed by atoms with Gasteiger partial charge in [0.05, 0.1) is 25.7 Å². The molecule has 2 atom stereocenters. The average molecular weight is 319 g/mol. The van der Waals surface area contributed by atoms with Gasteiger partial charge in [-0.05, 0) is 12.5 Å². The van der Waals surface area contributed by atoms with Crippen LogP contribution in [0.3, 0.4) is 0 Å². The summed E-state index contributed by atoms with van der Waals surface area (Å²) in [6.07, 6.45) is 5.29. The van der Waals surface area contributed by atoms with Crippen LogP contribution in [0.25, 0.3) is 0 Å². The molecule has 6 nitrogen and oxygen atoms in total. The Morgan fingerprint density at radius 2 is 2.00 bits per heavy atom. The largest absolute Gasteiger partial charge is 0.472 e. The first-order valence-corrected chi connectivity index (χ1v) is 8.66. The topological polar surface area (TPSA) is 49.2 Å². The number of amides is 1. The number of likely N-dealkylation sites (tertiary alicyclic amines) is 2. The summed E-state index contributed by atoms with van der Waals surface area (Å²) < 4.78 is 10.6. The molecule has 1 amide bonds. The molecule has 0 bridgehead atoms. The molecule has 4 rings (SSSR count). The van der Waals surface area contributed by atoms with Crippen LogP contribution in [0.1, 0.15) is 18.4 Å². The van der Waals surface area contributed by atoms with Crippen LogP contribution in [-0.2, 0) is 16.1 Å². The highest BCUT2D eigenvalue weighted by Crippen LogP contribution is 2.33. The molecular weight excluding hydrogens is 294 g/mol. The summed E-state index contributed by atoms with van der Waals surface area (Å²) in [5.74, 6) is 0.324. The number of nitrogens with zero attached hydrogens (tertiary/aromatic N) is 3. The number of furan rings is 1. The number of hydrogen-bond donors (Lipinski definition) is 0. The summed E-state index contributed by atoms with van der Waals surface area (Å²) in [5.41, 5.74) is 1.20. The van der Waals surface area contributed by atoms with Crippen molar-refractivity contribution in [2.24, 2.45) is 0 Å². The molecule has 6 heteroatoms. The van der Waals surface area contributed by atoms with Gasteiger partial charge in [0.15, 0.2) is 0 Å². The first kappa shape index (κ1) is 15.2. The van der Waals surface area contributed by atoms with Gasteiger partial charge in [-0.2, -0.15) is 0 Å². The number of carbonyl (C=O) groups excluding carboxylic acids is 1. The fraction of sp³-hybridized carbons (Fsp3) is 0.706. The van der Waals surface area contributed by atoms with Crippen molar-refractivity contribution >= 4 is 5.91 Å². The molecule has 0 unspecified atom stereocenters. The van der Waals surface area contributed by atoms with E-state index in [1.165, 1.54) is 5.56 Å². The van der Waals surface area contributed by atoms with E-state index in [0.717, 1.165) is 58.9 Å². The third-order valence-corrected chi connectivity index (χ3v) is 5.46. The summed E-state index contributed by atoms with van der Waals surface area (Å²) >= 11 is 0. The van der Waals surface area contributed by atoms with Crippen LogP contribution in [0.2, 0.25) is 0 Å². The Labute approximate surface area is 137 Å². The monoisotopic (exact) mass is 319 g/mol. The smallest absolute Gasteiger partial charge is 0.224 e. The SMILES string of the molecule is O=C1C[C@@H]2[C@H](CCN2Cc2ccoc2)N1CCN1CCOCC1. The van der Waals surface area contributed by atoms with Gasteiger partial charge < -0.3 is 14.1 Å². The highest BCUT2D eigenvalue weighted by Gasteiger charge is 2.46. The van der Waals surface area contributed by atoms with Crippen LogP contribution in [0.4, 0.5) is 0 Å². The van der Waals surface area contributed by atoms with Gasteiger partial charge in [0.2, 0.25) is 5.91 Å². The Morgan fingerprint density at radius 1 is 1.13 bits per heavy atom. The number of hydrogen-bond acceptors (Lipinski definition) is 5. The van der Waals surface area contributed by atoms with Gasteiger partial charge in [0.1, 0.15) is 0 Å². The van der Waals surface area contributed by atoms with E-state index in [4.69, 9.17) is 9.15 Å². The van der Waals surface area contributed by atoms with Gasteiger partial charge in [-0.3, -0.25) is 14.6 Å². The van der Waals surface area contributed by atoms with Crippen molar-refractivity contribution in [1.29, 1.82) is 0 Å². The molecule has 4 heterocycles. The maximum atomic E-state index is 12.4. The van der Waals surface area contributed by atoms with Gasteiger partial charge in [0.25, 0.3) is 0 Å². The minimum Gasteiger partial charge on any atom is -0.472 e. The van der Waals surface area contributed by atoms with Crippen LogP contribution >= 0.6 is 0 Å². The van der Waals surface area contributed by atoms with E-state index in [0.29, 0.717) is 24.4 Å². The van der Waals surface area contributed by atoms with Crippen molar-refractivity contribution in [3.05, 3.63) is 24.2 Å². The molecule has 1 aromatic heterocycles. The Hall–Kier alpha value is -1.37. The minimum atomic E-state index is 0.324. The van der Waals surface area contributed by atoms with E-state index in [-0.39, 0.29) is 0 Å². The molecule has 3 aliphatic heterocycles. The molecule has 0 N–H and O–H groups in total. The highest BCUT2D eigenvalue weighted by atomic mass is 16.5. The van der Waals surface area contributed by atoms with Gasteiger partial charge >= 0.3 is 0 Å². The fourth-order valence-corrected chi connectivity index (χ4v) is 4.19. The number of ether oxygens (including phenoxy) is 1. The van der Waals surface area contributed by atoms with E-state index in [2.05, 4.69) is 14.7 Å². The second-order valence-corrected chi connectivity index (χ2v) is 6.77. The molecule has 23 heavy (non-hydrogen) atoms. The molecule has 0 radical (unpaired) electrons. The molecule has 126 valence electrons. The zero-order chi connectivity index (χ0) is 15.6. The second kappa shape index (κ2) is 6.63. The van der Waals surface area contributed by atoms with E-state index < -0.39 is 0 Å². The zero-order valence-corrected chi connectivity index (χ0v) is 13.5. The van der Waals surface area contributed by atoms with Crippen molar-refractivity contribution in [3.63, 3.8) is 0 Å². The molecule has 1 aromatic rings. The fourth-order valence-electron chi connectivity index (χ4n) is 4.19. The maximum Gasteiger partial charge on any atom is 0.224 e. The first-order chi connectivity index (χ1) is 11.3. The van der Waals surface area contributed by atoms with Gasteiger partial charge in [-0.15, -0.1) is 0 Å². The Kier molecular flexibility index (Phi) is 4.37. The molecule has 0 saturated carbocycles. The predicted octanol–water partition coefficient (Wildman–Crippen LogP) is 0.787. The summed E-state index contributed by atoms with van der Waals surface area (Å²) in [6.45, 7) is 7.41. The van der Waals surface area contributed by atoms with Crippen molar-refractivity contribution in [2.75, 3.05) is 45.9 Å². The van der Waals surface area contributed by atoms with Crippen molar-refractivity contribution < 1.29 is 13.9 Å². The molecule has 0 aromatic carbocycles. The van der Waals surface area contributed by atoms with Crippen LogP contribution in [0.5, 0.6) is 0 Å². The second-order valence-electron chi connectivity index (χ2n) is 6.77. The highest BCUT2D eigenvalue weighted by molar-refractivity contribution is 5.80. The molecule has 3 fully saturated rings. The van der Waals surface area contributed by atoms with E-state index >= 15 is 0 Å². The molecule has 0 spiro atoms. The summed E-state index contributed by atoms with van der Waals surface area (Å²) in [4.78, 5) is 19.4. The van der Waals surface area contributed by atoms with E-state index in [1.807, 2.05) is 6.07 Å². The van der Waals surface area contributed by atoms with Crippen LogP contribution in [-0.4, -0.2) is 78.6 Å². The summed E-state index contributed by atoms with van der Waals surface area (Å²) in [6, 6.07) is 2.79. The lowest BCUT2D eigenvalue weighted by Gasteiger charge is -2.30. The molecule has 3 aliphatic rings. The lowest BCUT2D eigenvalue weighted by Crippen LogP contribution is -2.44. The van der Waals surface area contributed by atoms with Crippen LogP contribution < -0.4 is 0 Å². The maximum absolute atomic E-state index is 12.4. The van der Waals surface area contributed by atoms with Crippen LogP contribution in [0.15, 0.2) is 23.0 Å². The quantitative estimate of drug-likeness (QED) is 0.803. The third kappa shape index (κ3) is 3.16. The number of morpholine rings is 1. The lowest BCUT2D eigenvalue weighted by atomic mass is 10.1. The Balaban J connectivity index is 1.34. The van der Waals surface area contributed by atoms with Crippen molar-refractivity contribution in [1.82, 2.24) is 14.7 Å². The number of fused-ring (bicyclic) bond motifs is 1. The average Bonchev–Trinajstić information content (AvgIpc) is 3.27. The third-order valence-electron chi connectivity index (χ3n) is 5.46. The standard InChI is InChI=1S/C17H25N3O3/c21-17-11-16-15(1-3-19(16)12-14-2-8-23-13-14)20(17)5-4-18-6-9-22-10-7-18/h2,8,13,15-16H,1,3-7,9-12H2/t15-,16+/m0/s1. The zero-order valence-electron chi connectivity index (χ0n) is 13.5. The van der Waals surface area contributed by atoms with Gasteiger partial charge in [0, 0.05) is 63.3 Å². The predicted molar refractivity (Wildman–Crippen MR) is 84.9 cm³/mol. The van der Waals surface area contributed by atoms with Gasteiger partial charge in [-0.25, -0.2) is 0 Å². The number of carbonyl (C=O) groups is 1. The first-order valence-electron chi connectivity index (χ1n) is 8.66. The number of rotatable bonds is 5. The Morgan fingerprint density at radius 3 is 2.78 bits per heavy atom. The van der Waals surface area contributed by atoms with Crippen molar-refractivity contribution in [2.45, 2.75) is 31.5 Å². The summed E-state index contributed by atoms with van der Waals surface area (Å²) in [7, 11) is 0. The summed E-state index contributed by atoms with van der Waals surface area (Å²) in [5, 5.41) is 0. The van der Waals surface area contributed by atoms with E-state index in [9.17, 15) is 4.79 Å². The molecule has 0 aliphatic carbocycles. The minimum absolute atomic E-state index is 0.324. The van der Waals surface area contributed by atoms with Crippen LogP contribution in [0, 0.1) is 0 Å².